The molecule has 1 N–H and O–H groups in total. The number of hydrogen-bond acceptors (Lipinski definition) is 6. The Morgan fingerprint density at radius 2 is 1.92 bits per heavy atom. The highest BCUT2D eigenvalue weighted by Crippen LogP contribution is 2.28. The second-order valence-electron chi connectivity index (χ2n) is 10.5. The van der Waals surface area contributed by atoms with Crippen LogP contribution in [0.15, 0.2) is 41.4 Å². The molecule has 0 bridgehead atoms. The van der Waals surface area contributed by atoms with Crippen LogP contribution in [0.25, 0.3) is 0 Å². The van der Waals surface area contributed by atoms with Crippen LogP contribution < -0.4 is 4.74 Å². The van der Waals surface area contributed by atoms with E-state index in [1.807, 2.05) is 6.92 Å². The Kier molecular flexibility index (Phi) is 9.26. The second kappa shape index (κ2) is 12.5. The van der Waals surface area contributed by atoms with Crippen molar-refractivity contribution in [2.45, 2.75) is 63.0 Å². The van der Waals surface area contributed by atoms with Gasteiger partial charge >= 0.3 is 0 Å². The molecule has 0 saturated heterocycles. The summed E-state index contributed by atoms with van der Waals surface area (Å²) >= 11 is 0. The van der Waals surface area contributed by atoms with Crippen molar-refractivity contribution in [1.29, 1.82) is 0 Å². The minimum atomic E-state index is -3.92. The first-order chi connectivity index (χ1) is 18.6. The number of likely N-dealkylation sites (N-methyl/N-ethyl adjacent to an activating group) is 1. The minimum Gasteiger partial charge on any atom is -0.472 e. The first-order valence-corrected chi connectivity index (χ1v) is 14.9. The largest absolute Gasteiger partial charge is 0.472 e. The standard InChI is InChI=1S/C29H36FN3O5S/c1-20-17-33(21(2)19-34)29(35)26-15-23(10-9-22-7-5-4-6-8-22)16-31-28(26)38-27(20)18-32(3)39(36,37)25-13-11-24(30)12-14-25/h11-16,20-22,27,34H,4-8,17-19H2,1-3H3/t20-,21-,27-/m1/s1. The molecule has 0 unspecified atom stereocenters. The number of pyridine rings is 1. The van der Waals surface area contributed by atoms with Crippen molar-refractivity contribution in [3.05, 3.63) is 53.5 Å². The number of aliphatic hydroxyl groups excluding tert-OH is 1. The van der Waals surface area contributed by atoms with Crippen LogP contribution in [0.3, 0.4) is 0 Å². The van der Waals surface area contributed by atoms with E-state index in [9.17, 15) is 22.7 Å². The zero-order valence-corrected chi connectivity index (χ0v) is 23.5. The van der Waals surface area contributed by atoms with E-state index in [1.165, 1.54) is 38.4 Å². The quantitative estimate of drug-likeness (QED) is 0.544. The number of hydrogen-bond donors (Lipinski definition) is 1. The topological polar surface area (TPSA) is 100 Å². The van der Waals surface area contributed by atoms with Gasteiger partial charge in [-0.2, -0.15) is 4.31 Å². The fourth-order valence-corrected chi connectivity index (χ4v) is 6.14. The highest BCUT2D eigenvalue weighted by atomic mass is 32.2. The number of benzene rings is 1. The van der Waals surface area contributed by atoms with Crippen molar-refractivity contribution >= 4 is 15.9 Å². The van der Waals surface area contributed by atoms with Crippen molar-refractivity contribution in [2.75, 3.05) is 26.7 Å². The third-order valence-corrected chi connectivity index (χ3v) is 9.34. The van der Waals surface area contributed by atoms with Crippen LogP contribution in [0, 0.1) is 29.5 Å². The number of rotatable bonds is 6. The van der Waals surface area contributed by atoms with Crippen molar-refractivity contribution < 1.29 is 27.4 Å². The summed E-state index contributed by atoms with van der Waals surface area (Å²) in [7, 11) is -2.48. The lowest BCUT2D eigenvalue weighted by Crippen LogP contribution is -2.50. The molecule has 210 valence electrons. The highest BCUT2D eigenvalue weighted by Gasteiger charge is 2.36. The lowest BCUT2D eigenvalue weighted by molar-refractivity contribution is 0.0373. The highest BCUT2D eigenvalue weighted by molar-refractivity contribution is 7.89. The van der Waals surface area contributed by atoms with Crippen LogP contribution in [0.5, 0.6) is 5.88 Å². The maximum absolute atomic E-state index is 13.6. The summed E-state index contributed by atoms with van der Waals surface area (Å²) in [5, 5.41) is 9.87. The number of carbonyl (C=O) groups excluding carboxylic acids is 1. The summed E-state index contributed by atoms with van der Waals surface area (Å²) in [6.07, 6.45) is 6.65. The molecule has 1 saturated carbocycles. The molecule has 1 aliphatic heterocycles. The van der Waals surface area contributed by atoms with Gasteiger partial charge in [-0.1, -0.05) is 38.0 Å². The zero-order valence-electron chi connectivity index (χ0n) is 22.6. The van der Waals surface area contributed by atoms with Gasteiger partial charge in [0.05, 0.1) is 24.1 Å². The predicted octanol–water partition coefficient (Wildman–Crippen LogP) is 3.69. The number of aliphatic hydroxyl groups is 1. The average Bonchev–Trinajstić information content (AvgIpc) is 2.94. The summed E-state index contributed by atoms with van der Waals surface area (Å²) < 4.78 is 47.1. The number of carbonyl (C=O) groups is 1. The van der Waals surface area contributed by atoms with E-state index in [0.717, 1.165) is 29.3 Å². The van der Waals surface area contributed by atoms with Gasteiger partial charge < -0.3 is 14.7 Å². The normalized spacial score (nSPS) is 21.3. The molecule has 1 aromatic carbocycles. The molecular formula is C29H36FN3O5S. The third kappa shape index (κ3) is 6.78. The summed E-state index contributed by atoms with van der Waals surface area (Å²) in [6.45, 7) is 3.61. The van der Waals surface area contributed by atoms with Crippen molar-refractivity contribution in [3.8, 4) is 17.7 Å². The molecule has 1 aliphatic carbocycles. The molecule has 1 fully saturated rings. The molecule has 1 amide bonds. The molecule has 1 aromatic heterocycles. The summed E-state index contributed by atoms with van der Waals surface area (Å²) in [5.41, 5.74) is 0.834. The molecule has 10 heteroatoms. The summed E-state index contributed by atoms with van der Waals surface area (Å²) in [4.78, 5) is 19.6. The first kappa shape index (κ1) is 29.0. The number of nitrogens with zero attached hydrogens (tertiary/aromatic N) is 3. The van der Waals surface area contributed by atoms with Crippen LogP contribution >= 0.6 is 0 Å². The molecule has 2 aromatic rings. The van der Waals surface area contributed by atoms with E-state index >= 15 is 0 Å². The summed E-state index contributed by atoms with van der Waals surface area (Å²) in [5.74, 6) is 5.78. The van der Waals surface area contributed by atoms with E-state index in [2.05, 4.69) is 16.8 Å². The van der Waals surface area contributed by atoms with E-state index in [-0.39, 0.29) is 47.9 Å². The van der Waals surface area contributed by atoms with Gasteiger partial charge in [0.1, 0.15) is 17.5 Å². The van der Waals surface area contributed by atoms with Crippen LogP contribution in [-0.4, -0.2) is 72.5 Å². The zero-order chi connectivity index (χ0) is 28.2. The SMILES string of the molecule is C[C@@H]1CN([C@H](C)CO)C(=O)c2cc(C#CC3CCCCC3)cnc2O[C@@H]1CN(C)S(=O)(=O)c1ccc(F)cc1. The molecule has 39 heavy (non-hydrogen) atoms. The smallest absolute Gasteiger partial charge is 0.259 e. The molecule has 2 aliphatic rings. The van der Waals surface area contributed by atoms with E-state index < -0.39 is 28.0 Å². The Morgan fingerprint density at radius 3 is 2.59 bits per heavy atom. The third-order valence-electron chi connectivity index (χ3n) is 7.51. The molecule has 0 spiro atoms. The van der Waals surface area contributed by atoms with Gasteiger partial charge in [-0.05, 0) is 50.1 Å². The van der Waals surface area contributed by atoms with Gasteiger partial charge in [0.15, 0.2) is 0 Å². The van der Waals surface area contributed by atoms with E-state index in [1.54, 1.807) is 24.1 Å². The van der Waals surface area contributed by atoms with Gasteiger partial charge in [-0.3, -0.25) is 4.79 Å². The molecule has 2 heterocycles. The lowest BCUT2D eigenvalue weighted by atomic mass is 9.90. The van der Waals surface area contributed by atoms with Crippen LogP contribution in [0.2, 0.25) is 0 Å². The van der Waals surface area contributed by atoms with Crippen molar-refractivity contribution in [3.63, 3.8) is 0 Å². The second-order valence-corrected chi connectivity index (χ2v) is 12.6. The van der Waals surface area contributed by atoms with Gasteiger partial charge in [-0.15, -0.1) is 0 Å². The molecule has 0 radical (unpaired) electrons. The van der Waals surface area contributed by atoms with Crippen molar-refractivity contribution in [1.82, 2.24) is 14.2 Å². The Balaban J connectivity index is 1.64. The fourth-order valence-electron chi connectivity index (χ4n) is 4.96. The number of sulfonamides is 1. The van der Waals surface area contributed by atoms with Crippen LogP contribution in [-0.2, 0) is 10.0 Å². The Hall–Kier alpha value is -3.00. The minimum absolute atomic E-state index is 0.0270. The van der Waals surface area contributed by atoms with Gasteiger partial charge in [0, 0.05) is 37.2 Å². The number of ether oxygens (including phenoxy) is 1. The average molecular weight is 558 g/mol. The Labute approximate surface area is 230 Å². The molecule has 8 nitrogen and oxygen atoms in total. The van der Waals surface area contributed by atoms with E-state index in [4.69, 9.17) is 4.74 Å². The fraction of sp³-hybridized carbons (Fsp3) is 0.517. The lowest BCUT2D eigenvalue weighted by Gasteiger charge is -2.37. The van der Waals surface area contributed by atoms with E-state index in [0.29, 0.717) is 11.5 Å². The summed E-state index contributed by atoms with van der Waals surface area (Å²) in [6, 6.07) is 5.85. The van der Waals surface area contributed by atoms with Crippen molar-refractivity contribution in [2.24, 2.45) is 11.8 Å². The van der Waals surface area contributed by atoms with Gasteiger partial charge in [0.25, 0.3) is 5.91 Å². The number of aromatic nitrogens is 1. The number of halogens is 1. The maximum Gasteiger partial charge on any atom is 0.259 e. The molecular weight excluding hydrogens is 521 g/mol. The monoisotopic (exact) mass is 557 g/mol. The predicted molar refractivity (Wildman–Crippen MR) is 145 cm³/mol. The van der Waals surface area contributed by atoms with Crippen LogP contribution in [0.4, 0.5) is 4.39 Å². The van der Waals surface area contributed by atoms with Crippen LogP contribution in [0.1, 0.15) is 61.9 Å². The van der Waals surface area contributed by atoms with Gasteiger partial charge in [-0.25, -0.2) is 17.8 Å². The molecule has 3 atom stereocenters. The maximum atomic E-state index is 13.6. The number of amides is 1. The first-order valence-electron chi connectivity index (χ1n) is 13.4. The Bertz CT molecular complexity index is 1330. The Morgan fingerprint density at radius 1 is 1.23 bits per heavy atom. The number of fused-ring (bicyclic) bond motifs is 1. The van der Waals surface area contributed by atoms with Gasteiger partial charge in [0.2, 0.25) is 15.9 Å². The molecule has 4 rings (SSSR count).